The third-order valence-corrected chi connectivity index (χ3v) is 8.43. The van der Waals surface area contributed by atoms with Crippen molar-refractivity contribution in [1.82, 2.24) is 14.7 Å². The number of nitrogens with zero attached hydrogens (tertiary/aromatic N) is 3. The van der Waals surface area contributed by atoms with E-state index in [1.807, 2.05) is 29.2 Å². The first kappa shape index (κ1) is 26.6. The van der Waals surface area contributed by atoms with Crippen LogP contribution in [0.3, 0.4) is 0 Å². The quantitative estimate of drug-likeness (QED) is 0.538. The maximum absolute atomic E-state index is 14.0. The van der Waals surface area contributed by atoms with Crippen LogP contribution < -0.4 is 0 Å². The molecule has 6 heteroatoms. The van der Waals surface area contributed by atoms with Gasteiger partial charge in [-0.3, -0.25) is 4.79 Å². The summed E-state index contributed by atoms with van der Waals surface area (Å²) in [6.45, 7) is 5.57. The van der Waals surface area contributed by atoms with Crippen LogP contribution in [-0.4, -0.2) is 64.0 Å². The highest BCUT2D eigenvalue weighted by molar-refractivity contribution is 5.93. The summed E-state index contributed by atoms with van der Waals surface area (Å²) < 4.78 is 13.6. The van der Waals surface area contributed by atoms with Crippen LogP contribution >= 0.6 is 0 Å². The van der Waals surface area contributed by atoms with Crippen LogP contribution in [0.2, 0.25) is 0 Å². The molecule has 1 amide bonds. The van der Waals surface area contributed by atoms with Crippen molar-refractivity contribution in [2.75, 3.05) is 26.2 Å². The van der Waals surface area contributed by atoms with E-state index in [1.54, 1.807) is 0 Å². The van der Waals surface area contributed by atoms with E-state index in [1.165, 1.54) is 12.1 Å². The fraction of sp³-hybridized carbons (Fsp3) is 0.469. The Hall–Kier alpha value is -2.96. The van der Waals surface area contributed by atoms with Gasteiger partial charge in [-0.15, -0.1) is 0 Å². The van der Waals surface area contributed by atoms with Gasteiger partial charge in [-0.05, 0) is 80.7 Å². The second kappa shape index (κ2) is 12.3. The van der Waals surface area contributed by atoms with Crippen LogP contribution in [0.1, 0.15) is 63.5 Å². The lowest BCUT2D eigenvalue weighted by Crippen LogP contribution is -2.50. The molecular formula is C32H40FN3O2. The molecule has 0 saturated carbocycles. The van der Waals surface area contributed by atoms with E-state index in [0.717, 1.165) is 93.5 Å². The smallest absolute Gasteiger partial charge is 0.270 e. The summed E-state index contributed by atoms with van der Waals surface area (Å²) in [5.74, 6) is -0.140. The number of piperidine rings is 2. The van der Waals surface area contributed by atoms with E-state index < -0.39 is 0 Å². The summed E-state index contributed by atoms with van der Waals surface area (Å²) >= 11 is 0. The molecular weight excluding hydrogens is 477 g/mol. The molecule has 2 aromatic carbocycles. The Balaban J connectivity index is 1.34. The Bertz CT molecular complexity index is 1150. The van der Waals surface area contributed by atoms with Crippen LogP contribution in [-0.2, 0) is 4.79 Å². The molecule has 5 rings (SSSR count). The number of halogens is 1. The first-order valence-electron chi connectivity index (χ1n) is 14.2. The Morgan fingerprint density at radius 3 is 2.39 bits per heavy atom. The molecule has 2 fully saturated rings. The van der Waals surface area contributed by atoms with Crippen molar-refractivity contribution >= 4 is 5.91 Å². The van der Waals surface area contributed by atoms with Gasteiger partial charge < -0.3 is 19.8 Å². The zero-order valence-corrected chi connectivity index (χ0v) is 22.4. The SMILES string of the molecule is CC(c1ccccc1-c1ccc(F)cc1)N1/C=C\CCC/C=C\1C(=O)N1CCC(N2CCC(O)CC2)CC1. The minimum Gasteiger partial charge on any atom is -0.393 e. The Morgan fingerprint density at radius 2 is 1.66 bits per heavy atom. The van der Waals surface area contributed by atoms with Crippen molar-refractivity contribution in [2.45, 2.75) is 70.1 Å². The number of carbonyl (C=O) groups is 1. The number of carbonyl (C=O) groups excluding carboxylic acids is 1. The second-order valence-corrected chi connectivity index (χ2v) is 10.9. The summed E-state index contributed by atoms with van der Waals surface area (Å²) in [6.07, 6.45) is 12.8. The van der Waals surface area contributed by atoms with Crippen LogP contribution in [0.4, 0.5) is 4.39 Å². The lowest BCUT2D eigenvalue weighted by Gasteiger charge is -2.42. The summed E-state index contributed by atoms with van der Waals surface area (Å²) in [6, 6.07) is 15.3. The van der Waals surface area contributed by atoms with Gasteiger partial charge in [-0.25, -0.2) is 4.39 Å². The maximum Gasteiger partial charge on any atom is 0.270 e. The first-order valence-corrected chi connectivity index (χ1v) is 14.2. The highest BCUT2D eigenvalue weighted by atomic mass is 19.1. The standard InChI is InChI=1S/C32H40FN3O2/c1-24(29-8-5-6-9-30(29)25-11-13-26(33)14-12-25)36-19-7-3-2-4-10-31(36)32(38)35-20-15-27(16-21-35)34-22-17-28(37)18-23-34/h5-14,19,24,27-28,37H,2-4,15-18,20-23H2,1H3/b19-7-,31-10-. The van der Waals surface area contributed by atoms with Crippen molar-refractivity contribution in [3.8, 4) is 11.1 Å². The van der Waals surface area contributed by atoms with Crippen molar-refractivity contribution in [1.29, 1.82) is 0 Å². The van der Waals surface area contributed by atoms with Gasteiger partial charge in [0.25, 0.3) is 5.91 Å². The predicted molar refractivity (Wildman–Crippen MR) is 150 cm³/mol. The number of aliphatic hydroxyl groups excluding tert-OH is 1. The topological polar surface area (TPSA) is 47.0 Å². The van der Waals surface area contributed by atoms with Gasteiger partial charge in [0, 0.05) is 38.4 Å². The Kier molecular flexibility index (Phi) is 8.60. The first-order chi connectivity index (χ1) is 18.5. The summed E-state index contributed by atoms with van der Waals surface area (Å²) in [4.78, 5) is 20.7. The molecule has 0 bridgehead atoms. The molecule has 1 atom stereocenters. The summed E-state index contributed by atoms with van der Waals surface area (Å²) in [7, 11) is 0. The minimum absolute atomic E-state index is 0.0712. The van der Waals surface area contributed by atoms with Crippen LogP contribution in [0.25, 0.3) is 11.1 Å². The normalized spacial score (nSPS) is 23.3. The lowest BCUT2D eigenvalue weighted by molar-refractivity contribution is -0.130. The number of likely N-dealkylation sites (tertiary alicyclic amines) is 2. The fourth-order valence-corrected chi connectivity index (χ4v) is 6.13. The van der Waals surface area contributed by atoms with Crippen molar-refractivity contribution in [3.63, 3.8) is 0 Å². The van der Waals surface area contributed by atoms with Crippen LogP contribution in [0, 0.1) is 5.82 Å². The Morgan fingerprint density at radius 1 is 0.947 bits per heavy atom. The van der Waals surface area contributed by atoms with Gasteiger partial charge >= 0.3 is 0 Å². The predicted octanol–water partition coefficient (Wildman–Crippen LogP) is 5.88. The molecule has 2 aromatic rings. The van der Waals surface area contributed by atoms with E-state index >= 15 is 0 Å². The minimum atomic E-state index is -0.247. The number of hydrogen-bond donors (Lipinski definition) is 1. The van der Waals surface area contributed by atoms with E-state index in [-0.39, 0.29) is 23.9 Å². The molecule has 5 nitrogen and oxygen atoms in total. The van der Waals surface area contributed by atoms with Crippen LogP contribution in [0.15, 0.2) is 72.6 Å². The van der Waals surface area contributed by atoms with Crippen molar-refractivity contribution in [3.05, 3.63) is 84.0 Å². The number of hydrogen-bond acceptors (Lipinski definition) is 4. The molecule has 1 unspecified atom stereocenters. The van der Waals surface area contributed by atoms with Gasteiger partial charge in [0.1, 0.15) is 11.5 Å². The van der Waals surface area contributed by atoms with E-state index in [9.17, 15) is 14.3 Å². The molecule has 3 aliphatic heterocycles. The monoisotopic (exact) mass is 517 g/mol. The molecule has 1 N–H and O–H groups in total. The summed E-state index contributed by atoms with van der Waals surface area (Å²) in [5.41, 5.74) is 3.87. The third-order valence-electron chi connectivity index (χ3n) is 8.43. The zero-order chi connectivity index (χ0) is 26.5. The van der Waals surface area contributed by atoms with Gasteiger partial charge in [0.2, 0.25) is 0 Å². The van der Waals surface area contributed by atoms with Crippen molar-refractivity contribution in [2.24, 2.45) is 0 Å². The number of aliphatic hydroxyl groups is 1. The van der Waals surface area contributed by atoms with E-state index in [2.05, 4.69) is 47.2 Å². The van der Waals surface area contributed by atoms with E-state index in [0.29, 0.717) is 6.04 Å². The number of benzene rings is 2. The van der Waals surface area contributed by atoms with Crippen molar-refractivity contribution < 1.29 is 14.3 Å². The summed E-state index contributed by atoms with van der Waals surface area (Å²) in [5, 5.41) is 9.86. The van der Waals surface area contributed by atoms with Gasteiger partial charge in [-0.2, -0.15) is 0 Å². The van der Waals surface area contributed by atoms with Gasteiger partial charge in [0.05, 0.1) is 12.1 Å². The zero-order valence-electron chi connectivity index (χ0n) is 22.4. The van der Waals surface area contributed by atoms with Gasteiger partial charge in [0.15, 0.2) is 0 Å². The Labute approximate surface area is 226 Å². The number of amides is 1. The second-order valence-electron chi connectivity index (χ2n) is 10.9. The molecule has 0 radical (unpaired) electrons. The largest absolute Gasteiger partial charge is 0.393 e. The third kappa shape index (κ3) is 6.02. The molecule has 202 valence electrons. The fourth-order valence-electron chi connectivity index (χ4n) is 6.13. The molecule has 2 saturated heterocycles. The van der Waals surface area contributed by atoms with Crippen LogP contribution in [0.5, 0.6) is 0 Å². The average molecular weight is 518 g/mol. The molecule has 0 aliphatic carbocycles. The lowest BCUT2D eigenvalue weighted by atomic mass is 9.94. The highest BCUT2D eigenvalue weighted by Gasteiger charge is 2.32. The molecule has 3 heterocycles. The molecule has 0 spiro atoms. The number of allylic oxidation sites excluding steroid dienone is 2. The average Bonchev–Trinajstić information content (AvgIpc) is 2.93. The highest BCUT2D eigenvalue weighted by Crippen LogP contribution is 2.35. The molecule has 0 aromatic heterocycles. The maximum atomic E-state index is 14.0. The molecule has 3 aliphatic rings. The molecule has 38 heavy (non-hydrogen) atoms. The van der Waals surface area contributed by atoms with E-state index in [4.69, 9.17) is 0 Å². The van der Waals surface area contributed by atoms with Gasteiger partial charge in [-0.1, -0.05) is 48.6 Å². The number of rotatable bonds is 5.